The van der Waals surface area contributed by atoms with E-state index in [1.54, 1.807) is 12.2 Å². The summed E-state index contributed by atoms with van der Waals surface area (Å²) in [6, 6.07) is 0. The standard InChI is InChI=1S/C10H14O2/c1-3-4-8-5-9(11)6-10(12)7(8)2/h3-4,9-12H,1-2,5-6H2/b8-4+/t9-,10+/m1/s1. The molecule has 0 heterocycles. The van der Waals surface area contributed by atoms with Crippen LogP contribution in [0.1, 0.15) is 12.8 Å². The first kappa shape index (κ1) is 9.23. The maximum atomic E-state index is 9.41. The molecule has 0 saturated heterocycles. The molecular formula is C10H14O2. The zero-order valence-electron chi connectivity index (χ0n) is 7.03. The van der Waals surface area contributed by atoms with E-state index in [2.05, 4.69) is 13.2 Å². The van der Waals surface area contributed by atoms with Crippen LogP contribution in [0.25, 0.3) is 0 Å². The van der Waals surface area contributed by atoms with Crippen molar-refractivity contribution in [2.45, 2.75) is 25.0 Å². The molecule has 2 N–H and O–H groups in total. The van der Waals surface area contributed by atoms with Gasteiger partial charge in [-0.05, 0) is 17.6 Å². The van der Waals surface area contributed by atoms with E-state index in [-0.39, 0.29) is 0 Å². The maximum Gasteiger partial charge on any atom is 0.0811 e. The molecule has 1 saturated carbocycles. The lowest BCUT2D eigenvalue weighted by Gasteiger charge is -2.26. The lowest BCUT2D eigenvalue weighted by atomic mass is 9.86. The molecule has 1 fully saturated rings. The Morgan fingerprint density at radius 3 is 2.67 bits per heavy atom. The predicted molar refractivity (Wildman–Crippen MR) is 48.7 cm³/mol. The van der Waals surface area contributed by atoms with Gasteiger partial charge in [0.15, 0.2) is 0 Å². The van der Waals surface area contributed by atoms with Gasteiger partial charge in [-0.15, -0.1) is 0 Å². The molecule has 2 heteroatoms. The summed E-state index contributed by atoms with van der Waals surface area (Å²) in [6.07, 6.45) is 3.35. The highest BCUT2D eigenvalue weighted by Gasteiger charge is 2.24. The molecule has 1 rings (SSSR count). The summed E-state index contributed by atoms with van der Waals surface area (Å²) in [5.41, 5.74) is 1.61. The van der Waals surface area contributed by atoms with Gasteiger partial charge in [-0.3, -0.25) is 0 Å². The van der Waals surface area contributed by atoms with Crippen molar-refractivity contribution < 1.29 is 10.2 Å². The van der Waals surface area contributed by atoms with Gasteiger partial charge < -0.3 is 10.2 Å². The van der Waals surface area contributed by atoms with Crippen LogP contribution in [0, 0.1) is 0 Å². The first-order valence-corrected chi connectivity index (χ1v) is 4.02. The molecule has 0 spiro atoms. The molecule has 0 unspecified atom stereocenters. The smallest absolute Gasteiger partial charge is 0.0811 e. The van der Waals surface area contributed by atoms with Crippen molar-refractivity contribution in [2.24, 2.45) is 0 Å². The van der Waals surface area contributed by atoms with E-state index in [4.69, 9.17) is 0 Å². The molecule has 0 amide bonds. The third-order valence-corrected chi connectivity index (χ3v) is 2.08. The molecule has 12 heavy (non-hydrogen) atoms. The van der Waals surface area contributed by atoms with E-state index < -0.39 is 12.2 Å². The lowest BCUT2D eigenvalue weighted by molar-refractivity contribution is 0.0862. The number of allylic oxidation sites excluding steroid dienone is 2. The van der Waals surface area contributed by atoms with E-state index in [0.717, 1.165) is 5.57 Å². The zero-order valence-corrected chi connectivity index (χ0v) is 7.03. The molecule has 2 atom stereocenters. The van der Waals surface area contributed by atoms with Crippen molar-refractivity contribution in [3.8, 4) is 0 Å². The topological polar surface area (TPSA) is 40.5 Å². The monoisotopic (exact) mass is 166 g/mol. The Balaban J connectivity index is 2.79. The van der Waals surface area contributed by atoms with Crippen LogP contribution in [0.5, 0.6) is 0 Å². The summed E-state index contributed by atoms with van der Waals surface area (Å²) >= 11 is 0. The van der Waals surface area contributed by atoms with Crippen LogP contribution < -0.4 is 0 Å². The van der Waals surface area contributed by atoms with Gasteiger partial charge in [-0.1, -0.05) is 25.3 Å². The summed E-state index contributed by atoms with van der Waals surface area (Å²) < 4.78 is 0. The fourth-order valence-corrected chi connectivity index (χ4v) is 1.40. The average molecular weight is 166 g/mol. The maximum absolute atomic E-state index is 9.41. The summed E-state index contributed by atoms with van der Waals surface area (Å²) in [5.74, 6) is 0. The highest BCUT2D eigenvalue weighted by molar-refractivity contribution is 5.36. The zero-order chi connectivity index (χ0) is 9.14. The van der Waals surface area contributed by atoms with Crippen molar-refractivity contribution in [3.63, 3.8) is 0 Å². The first-order valence-electron chi connectivity index (χ1n) is 4.02. The molecule has 0 radical (unpaired) electrons. The van der Waals surface area contributed by atoms with Gasteiger partial charge >= 0.3 is 0 Å². The third kappa shape index (κ3) is 1.84. The van der Waals surface area contributed by atoms with E-state index in [1.165, 1.54) is 0 Å². The molecule has 0 aromatic rings. The molecule has 0 bridgehead atoms. The summed E-state index contributed by atoms with van der Waals surface area (Å²) in [7, 11) is 0. The normalized spacial score (nSPS) is 33.8. The van der Waals surface area contributed by atoms with Crippen LogP contribution in [0.15, 0.2) is 36.5 Å². The second-order valence-electron chi connectivity index (χ2n) is 3.06. The Morgan fingerprint density at radius 1 is 1.42 bits per heavy atom. The van der Waals surface area contributed by atoms with E-state index in [1.807, 2.05) is 0 Å². The first-order chi connectivity index (χ1) is 5.65. The lowest BCUT2D eigenvalue weighted by Crippen LogP contribution is -2.26. The quantitative estimate of drug-likeness (QED) is 0.614. The van der Waals surface area contributed by atoms with Gasteiger partial charge in [0.25, 0.3) is 0 Å². The van der Waals surface area contributed by atoms with E-state index in [0.29, 0.717) is 18.4 Å². The fourth-order valence-electron chi connectivity index (χ4n) is 1.40. The van der Waals surface area contributed by atoms with Crippen LogP contribution in [-0.2, 0) is 0 Å². The summed E-state index contributed by atoms with van der Waals surface area (Å²) in [6.45, 7) is 7.31. The summed E-state index contributed by atoms with van der Waals surface area (Å²) in [5, 5.41) is 18.7. The van der Waals surface area contributed by atoms with Gasteiger partial charge in [0.05, 0.1) is 12.2 Å². The minimum atomic E-state index is -0.597. The van der Waals surface area contributed by atoms with Gasteiger partial charge in [0.1, 0.15) is 0 Å². The number of rotatable bonds is 1. The molecule has 1 aliphatic carbocycles. The van der Waals surface area contributed by atoms with Gasteiger partial charge in [0, 0.05) is 6.42 Å². The third-order valence-electron chi connectivity index (χ3n) is 2.08. The molecule has 66 valence electrons. The van der Waals surface area contributed by atoms with E-state index in [9.17, 15) is 10.2 Å². The Labute approximate surface area is 72.5 Å². The van der Waals surface area contributed by atoms with Crippen LogP contribution >= 0.6 is 0 Å². The molecule has 0 aliphatic heterocycles. The fraction of sp³-hybridized carbons (Fsp3) is 0.400. The Hall–Kier alpha value is -0.860. The van der Waals surface area contributed by atoms with Crippen molar-refractivity contribution >= 4 is 0 Å². The van der Waals surface area contributed by atoms with E-state index >= 15 is 0 Å². The highest BCUT2D eigenvalue weighted by Crippen LogP contribution is 2.27. The van der Waals surface area contributed by atoms with Crippen molar-refractivity contribution in [2.75, 3.05) is 0 Å². The number of hydrogen-bond donors (Lipinski definition) is 2. The number of aliphatic hydroxyl groups is 2. The molecule has 0 aromatic carbocycles. The Bertz CT molecular complexity index is 228. The highest BCUT2D eigenvalue weighted by atomic mass is 16.3. The molecule has 0 aromatic heterocycles. The SMILES string of the molecule is C=C/C=C1\C[C@@H](O)C[C@H](O)C1=C. The van der Waals surface area contributed by atoms with Gasteiger partial charge in [-0.2, -0.15) is 0 Å². The minimum Gasteiger partial charge on any atom is -0.393 e. The van der Waals surface area contributed by atoms with Crippen molar-refractivity contribution in [3.05, 3.63) is 36.5 Å². The number of hydrogen-bond acceptors (Lipinski definition) is 2. The van der Waals surface area contributed by atoms with Crippen LogP contribution in [-0.4, -0.2) is 22.4 Å². The largest absolute Gasteiger partial charge is 0.393 e. The molecular weight excluding hydrogens is 152 g/mol. The second-order valence-corrected chi connectivity index (χ2v) is 3.06. The van der Waals surface area contributed by atoms with Gasteiger partial charge in [-0.25, -0.2) is 0 Å². The molecule has 1 aliphatic rings. The molecule has 2 nitrogen and oxygen atoms in total. The Kier molecular flexibility index (Phi) is 2.84. The predicted octanol–water partition coefficient (Wildman–Crippen LogP) is 1.17. The Morgan fingerprint density at radius 2 is 2.08 bits per heavy atom. The van der Waals surface area contributed by atoms with Crippen molar-refractivity contribution in [1.29, 1.82) is 0 Å². The van der Waals surface area contributed by atoms with Crippen molar-refractivity contribution in [1.82, 2.24) is 0 Å². The minimum absolute atomic E-state index is 0.396. The number of aliphatic hydroxyl groups excluding tert-OH is 2. The average Bonchev–Trinajstić information content (AvgIpc) is 2.00. The second kappa shape index (κ2) is 3.70. The van der Waals surface area contributed by atoms with Gasteiger partial charge in [0.2, 0.25) is 0 Å². The van der Waals surface area contributed by atoms with Crippen LogP contribution in [0.2, 0.25) is 0 Å². The van der Waals surface area contributed by atoms with Crippen LogP contribution in [0.3, 0.4) is 0 Å². The summed E-state index contributed by atoms with van der Waals surface area (Å²) in [4.78, 5) is 0. The van der Waals surface area contributed by atoms with Crippen LogP contribution in [0.4, 0.5) is 0 Å².